The lowest BCUT2D eigenvalue weighted by molar-refractivity contribution is -0.141. The number of aryl methyl sites for hydroxylation is 1. The molecule has 0 bridgehead atoms. The van der Waals surface area contributed by atoms with Crippen LogP contribution in [0.25, 0.3) is 0 Å². The van der Waals surface area contributed by atoms with E-state index in [0.717, 1.165) is 50.2 Å². The quantitative estimate of drug-likeness (QED) is 0.713. The average molecular weight is 421 g/mol. The smallest absolute Gasteiger partial charge is 0.227 e. The summed E-state index contributed by atoms with van der Waals surface area (Å²) in [5, 5.41) is 0. The Morgan fingerprint density at radius 1 is 0.968 bits per heavy atom. The molecule has 2 fully saturated rings. The highest BCUT2D eigenvalue weighted by atomic mass is 16.5. The first-order valence-corrected chi connectivity index (χ1v) is 11.4. The second-order valence-corrected chi connectivity index (χ2v) is 8.70. The molecule has 2 atom stereocenters. The summed E-state index contributed by atoms with van der Waals surface area (Å²) < 4.78 is 5.69. The third-order valence-electron chi connectivity index (χ3n) is 6.67. The Labute approximate surface area is 185 Å². The van der Waals surface area contributed by atoms with Crippen molar-refractivity contribution < 1.29 is 14.3 Å². The summed E-state index contributed by atoms with van der Waals surface area (Å²) in [5.41, 5.74) is 2.28. The van der Waals surface area contributed by atoms with Crippen LogP contribution < -0.4 is 4.74 Å². The number of carbonyl (C=O) groups is 2. The van der Waals surface area contributed by atoms with Crippen molar-refractivity contribution in [3.05, 3.63) is 65.7 Å². The predicted molar refractivity (Wildman–Crippen MR) is 121 cm³/mol. The standard InChI is InChI=1S/C26H32N2O3/c1-20-8-5-6-9-21(20)18-26(30)28-15-7-10-22-19-27(16-13-24(22)28)25(29)14-17-31-23-11-3-2-4-12-23/h2-6,8-9,11-12,22,24H,7,10,13-19H2,1H3/t22-,24+/m1/s1. The highest BCUT2D eigenvalue weighted by Gasteiger charge is 2.39. The zero-order valence-electron chi connectivity index (χ0n) is 18.3. The zero-order chi connectivity index (χ0) is 21.6. The molecule has 0 spiro atoms. The van der Waals surface area contributed by atoms with E-state index in [1.54, 1.807) is 0 Å². The lowest BCUT2D eigenvalue weighted by atomic mass is 9.83. The molecule has 2 aromatic carbocycles. The number of benzene rings is 2. The number of amides is 2. The van der Waals surface area contributed by atoms with Crippen LogP contribution in [-0.4, -0.2) is 53.9 Å². The molecule has 164 valence electrons. The number of hydrogen-bond acceptors (Lipinski definition) is 3. The van der Waals surface area contributed by atoms with Gasteiger partial charge in [0.25, 0.3) is 0 Å². The molecule has 2 heterocycles. The number of fused-ring (bicyclic) bond motifs is 1. The first-order valence-electron chi connectivity index (χ1n) is 11.4. The van der Waals surface area contributed by atoms with E-state index in [4.69, 9.17) is 4.74 Å². The summed E-state index contributed by atoms with van der Waals surface area (Å²) in [6.07, 6.45) is 3.83. The van der Waals surface area contributed by atoms with Crippen LogP contribution in [0.3, 0.4) is 0 Å². The Balaban J connectivity index is 1.30. The Kier molecular flexibility index (Phi) is 6.90. The van der Waals surface area contributed by atoms with Gasteiger partial charge in [-0.15, -0.1) is 0 Å². The maximum Gasteiger partial charge on any atom is 0.227 e. The maximum atomic E-state index is 13.1. The number of likely N-dealkylation sites (tertiary alicyclic amines) is 2. The molecular weight excluding hydrogens is 388 g/mol. The van der Waals surface area contributed by atoms with Crippen molar-refractivity contribution in [2.24, 2.45) is 5.92 Å². The van der Waals surface area contributed by atoms with Crippen molar-refractivity contribution in [1.82, 2.24) is 9.80 Å². The molecule has 0 unspecified atom stereocenters. The van der Waals surface area contributed by atoms with Gasteiger partial charge in [-0.1, -0.05) is 42.5 Å². The van der Waals surface area contributed by atoms with E-state index in [1.165, 1.54) is 5.56 Å². The van der Waals surface area contributed by atoms with Crippen LogP contribution in [0.2, 0.25) is 0 Å². The summed E-state index contributed by atoms with van der Waals surface area (Å²) in [6.45, 7) is 4.77. The third-order valence-corrected chi connectivity index (χ3v) is 6.67. The fourth-order valence-corrected chi connectivity index (χ4v) is 4.94. The fourth-order valence-electron chi connectivity index (χ4n) is 4.94. The molecule has 5 nitrogen and oxygen atoms in total. The van der Waals surface area contributed by atoms with E-state index in [0.29, 0.717) is 25.4 Å². The summed E-state index contributed by atoms with van der Waals surface area (Å²) in [4.78, 5) is 29.9. The van der Waals surface area contributed by atoms with Crippen LogP contribution in [0.4, 0.5) is 0 Å². The van der Waals surface area contributed by atoms with Crippen LogP contribution in [0, 0.1) is 12.8 Å². The molecule has 31 heavy (non-hydrogen) atoms. The molecule has 0 saturated carbocycles. The van der Waals surface area contributed by atoms with Crippen molar-refractivity contribution >= 4 is 11.8 Å². The highest BCUT2D eigenvalue weighted by molar-refractivity contribution is 5.80. The topological polar surface area (TPSA) is 49.9 Å². The molecule has 0 radical (unpaired) electrons. The first-order chi connectivity index (χ1) is 15.1. The first kappa shape index (κ1) is 21.4. The summed E-state index contributed by atoms with van der Waals surface area (Å²) in [7, 11) is 0. The molecule has 2 aromatic rings. The molecule has 0 aromatic heterocycles. The number of nitrogens with zero attached hydrogens (tertiary/aromatic N) is 2. The second-order valence-electron chi connectivity index (χ2n) is 8.70. The zero-order valence-corrected chi connectivity index (χ0v) is 18.3. The minimum atomic E-state index is 0.151. The van der Waals surface area contributed by atoms with Crippen molar-refractivity contribution in [1.29, 1.82) is 0 Å². The minimum Gasteiger partial charge on any atom is -0.493 e. The number of para-hydroxylation sites is 1. The van der Waals surface area contributed by atoms with E-state index >= 15 is 0 Å². The Hall–Kier alpha value is -2.82. The van der Waals surface area contributed by atoms with Crippen molar-refractivity contribution in [3.63, 3.8) is 0 Å². The van der Waals surface area contributed by atoms with Crippen molar-refractivity contribution in [2.45, 2.75) is 45.1 Å². The number of carbonyl (C=O) groups excluding carboxylic acids is 2. The number of ether oxygens (including phenoxy) is 1. The van der Waals surface area contributed by atoms with Gasteiger partial charge in [0.15, 0.2) is 0 Å². The molecular formula is C26H32N2O3. The molecule has 4 rings (SSSR count). The van der Waals surface area contributed by atoms with E-state index in [9.17, 15) is 9.59 Å². The van der Waals surface area contributed by atoms with Gasteiger partial charge in [0.2, 0.25) is 11.8 Å². The fraction of sp³-hybridized carbons (Fsp3) is 0.462. The normalized spacial score (nSPS) is 20.8. The van der Waals surface area contributed by atoms with Crippen LogP contribution in [0.1, 0.15) is 36.8 Å². The summed E-state index contributed by atoms with van der Waals surface area (Å²) >= 11 is 0. The molecule has 2 aliphatic heterocycles. The lowest BCUT2D eigenvalue weighted by Gasteiger charge is -2.47. The highest BCUT2D eigenvalue weighted by Crippen LogP contribution is 2.31. The third kappa shape index (κ3) is 5.27. The average Bonchev–Trinajstić information content (AvgIpc) is 2.80. The molecule has 5 heteroatoms. The van der Waals surface area contributed by atoms with Crippen LogP contribution in [0.5, 0.6) is 5.75 Å². The van der Waals surface area contributed by atoms with Gasteiger partial charge < -0.3 is 14.5 Å². The van der Waals surface area contributed by atoms with Gasteiger partial charge in [-0.2, -0.15) is 0 Å². The van der Waals surface area contributed by atoms with Gasteiger partial charge in [0, 0.05) is 25.7 Å². The maximum absolute atomic E-state index is 13.1. The summed E-state index contributed by atoms with van der Waals surface area (Å²) in [6, 6.07) is 18.0. The second kappa shape index (κ2) is 9.99. The summed E-state index contributed by atoms with van der Waals surface area (Å²) in [5.74, 6) is 1.55. The lowest BCUT2D eigenvalue weighted by Crippen LogP contribution is -2.57. The number of piperidine rings is 2. The van der Waals surface area contributed by atoms with Crippen LogP contribution in [0.15, 0.2) is 54.6 Å². The molecule has 0 N–H and O–H groups in total. The Bertz CT molecular complexity index is 899. The van der Waals surface area contributed by atoms with Crippen molar-refractivity contribution in [3.8, 4) is 5.75 Å². The van der Waals surface area contributed by atoms with Gasteiger partial charge >= 0.3 is 0 Å². The predicted octanol–water partition coefficient (Wildman–Crippen LogP) is 3.85. The number of rotatable bonds is 6. The monoisotopic (exact) mass is 420 g/mol. The van der Waals surface area contributed by atoms with E-state index < -0.39 is 0 Å². The van der Waals surface area contributed by atoms with Gasteiger partial charge in [-0.25, -0.2) is 0 Å². The van der Waals surface area contributed by atoms with Crippen LogP contribution in [-0.2, 0) is 16.0 Å². The van der Waals surface area contributed by atoms with Gasteiger partial charge in [0.1, 0.15) is 5.75 Å². The minimum absolute atomic E-state index is 0.151. The molecule has 2 aliphatic rings. The SMILES string of the molecule is Cc1ccccc1CC(=O)N1CCC[C@@H]2CN(C(=O)CCOc3ccccc3)CC[C@@H]21. The van der Waals surface area contributed by atoms with E-state index in [-0.39, 0.29) is 17.9 Å². The molecule has 2 saturated heterocycles. The van der Waals surface area contributed by atoms with Crippen LogP contribution >= 0.6 is 0 Å². The Morgan fingerprint density at radius 2 is 1.74 bits per heavy atom. The Morgan fingerprint density at radius 3 is 2.55 bits per heavy atom. The largest absolute Gasteiger partial charge is 0.493 e. The van der Waals surface area contributed by atoms with E-state index in [2.05, 4.69) is 17.9 Å². The number of hydrogen-bond donors (Lipinski definition) is 0. The van der Waals surface area contributed by atoms with Gasteiger partial charge in [-0.3, -0.25) is 9.59 Å². The molecule has 2 amide bonds. The molecule has 0 aliphatic carbocycles. The van der Waals surface area contributed by atoms with Gasteiger partial charge in [-0.05, 0) is 55.4 Å². The van der Waals surface area contributed by atoms with Gasteiger partial charge in [0.05, 0.1) is 19.4 Å². The van der Waals surface area contributed by atoms with E-state index in [1.807, 2.05) is 53.4 Å². The van der Waals surface area contributed by atoms with Crippen molar-refractivity contribution in [2.75, 3.05) is 26.2 Å².